The van der Waals surface area contributed by atoms with Crippen LogP contribution in [-0.4, -0.2) is 29.1 Å². The van der Waals surface area contributed by atoms with E-state index in [0.29, 0.717) is 13.0 Å². The largest absolute Gasteiger partial charge is 0.508 e. The van der Waals surface area contributed by atoms with Gasteiger partial charge >= 0.3 is 0 Å². The molecule has 3 aromatic rings. The van der Waals surface area contributed by atoms with Gasteiger partial charge in [-0.1, -0.05) is 18.2 Å². The van der Waals surface area contributed by atoms with Gasteiger partial charge in [0.1, 0.15) is 17.5 Å². The molecule has 2 unspecified atom stereocenters. The number of ether oxygens (including phenoxy) is 1. The van der Waals surface area contributed by atoms with Gasteiger partial charge in [-0.3, -0.25) is 4.79 Å². The third kappa shape index (κ3) is 3.60. The maximum Gasteiger partial charge on any atom is 0.238 e. The fourth-order valence-electron chi connectivity index (χ4n) is 3.41. The molecule has 0 bridgehead atoms. The van der Waals surface area contributed by atoms with E-state index in [1.807, 2.05) is 36.4 Å². The molecule has 0 spiro atoms. The quantitative estimate of drug-likeness (QED) is 0.476. The summed E-state index contributed by atoms with van der Waals surface area (Å²) >= 11 is 0. The number of para-hydroxylation sites is 1. The predicted octanol–water partition coefficient (Wildman–Crippen LogP) is 2.11. The third-order valence-corrected chi connectivity index (χ3v) is 4.87. The van der Waals surface area contributed by atoms with Gasteiger partial charge in [0, 0.05) is 22.2 Å². The molecule has 140 valence electrons. The van der Waals surface area contributed by atoms with Crippen molar-refractivity contribution in [3.8, 4) is 11.5 Å². The molecule has 1 aromatic heterocycles. The van der Waals surface area contributed by atoms with Gasteiger partial charge in [-0.25, -0.2) is 10.9 Å². The van der Waals surface area contributed by atoms with Crippen LogP contribution in [-0.2, 0) is 11.3 Å². The van der Waals surface area contributed by atoms with Crippen LogP contribution in [0.1, 0.15) is 23.7 Å². The monoisotopic (exact) mass is 366 g/mol. The predicted molar refractivity (Wildman–Crippen MR) is 102 cm³/mol. The first kappa shape index (κ1) is 17.4. The topological polar surface area (TPSA) is 98.4 Å². The van der Waals surface area contributed by atoms with Crippen LogP contribution >= 0.6 is 0 Å². The second kappa shape index (κ2) is 7.30. The van der Waals surface area contributed by atoms with Crippen molar-refractivity contribution in [2.24, 2.45) is 0 Å². The van der Waals surface area contributed by atoms with Crippen LogP contribution in [0.2, 0.25) is 0 Å². The summed E-state index contributed by atoms with van der Waals surface area (Å²) in [7, 11) is 1.64. The van der Waals surface area contributed by atoms with Crippen molar-refractivity contribution in [3.63, 3.8) is 0 Å². The van der Waals surface area contributed by atoms with Crippen LogP contribution in [0, 0.1) is 0 Å². The molecule has 27 heavy (non-hydrogen) atoms. The summed E-state index contributed by atoms with van der Waals surface area (Å²) in [6.45, 7) is 0.412. The number of benzene rings is 2. The smallest absolute Gasteiger partial charge is 0.238 e. The standard InChI is InChI=1S/C20H22N4O3/c1-27-14-6-7-16-12(9-14)8-13(22-16)11-21-20(26)18-10-17(23-24-18)15-4-2-3-5-19(15)25/h2-9,17-18,22-25H,10-11H2,1H3,(H,21,26). The Morgan fingerprint density at radius 2 is 2.07 bits per heavy atom. The van der Waals surface area contributed by atoms with Crippen LogP contribution in [0.4, 0.5) is 0 Å². The average molecular weight is 366 g/mol. The number of H-pyrrole nitrogens is 1. The molecule has 0 saturated carbocycles. The molecule has 1 fully saturated rings. The Bertz CT molecular complexity index is 969. The number of hydrogen-bond donors (Lipinski definition) is 5. The highest BCUT2D eigenvalue weighted by atomic mass is 16.5. The number of fused-ring (bicyclic) bond motifs is 1. The molecule has 7 nitrogen and oxygen atoms in total. The fraction of sp³-hybridized carbons (Fsp3) is 0.250. The molecule has 0 radical (unpaired) electrons. The van der Waals surface area contributed by atoms with Crippen LogP contribution in [0.15, 0.2) is 48.5 Å². The van der Waals surface area contributed by atoms with Crippen LogP contribution < -0.4 is 20.9 Å². The van der Waals surface area contributed by atoms with E-state index < -0.39 is 0 Å². The molecular formula is C20H22N4O3. The number of phenolic OH excluding ortho intramolecular Hbond substituents is 1. The zero-order valence-electron chi connectivity index (χ0n) is 15.0. The van der Waals surface area contributed by atoms with Gasteiger partial charge in [0.15, 0.2) is 0 Å². The molecule has 0 aliphatic carbocycles. The lowest BCUT2D eigenvalue weighted by molar-refractivity contribution is -0.123. The van der Waals surface area contributed by atoms with Crippen molar-refractivity contribution in [2.75, 3.05) is 7.11 Å². The lowest BCUT2D eigenvalue weighted by Gasteiger charge is -2.11. The molecule has 2 atom stereocenters. The number of amides is 1. The van der Waals surface area contributed by atoms with Crippen molar-refractivity contribution < 1.29 is 14.6 Å². The Labute approximate surface area is 156 Å². The number of nitrogens with one attached hydrogen (secondary N) is 4. The zero-order chi connectivity index (χ0) is 18.8. The van der Waals surface area contributed by atoms with E-state index in [1.54, 1.807) is 19.2 Å². The number of methoxy groups -OCH3 is 1. The van der Waals surface area contributed by atoms with Crippen LogP contribution in [0.5, 0.6) is 11.5 Å². The summed E-state index contributed by atoms with van der Waals surface area (Å²) in [6, 6.07) is 14.5. The molecular weight excluding hydrogens is 344 g/mol. The van der Waals surface area contributed by atoms with Gasteiger partial charge in [0.05, 0.1) is 19.7 Å². The highest BCUT2D eigenvalue weighted by Crippen LogP contribution is 2.29. The highest BCUT2D eigenvalue weighted by Gasteiger charge is 2.31. The maximum atomic E-state index is 12.5. The lowest BCUT2D eigenvalue weighted by Crippen LogP contribution is -2.42. The maximum absolute atomic E-state index is 12.5. The number of hydrogen-bond acceptors (Lipinski definition) is 5. The summed E-state index contributed by atoms with van der Waals surface area (Å²) in [4.78, 5) is 15.8. The molecule has 1 saturated heterocycles. The van der Waals surface area contributed by atoms with E-state index in [4.69, 9.17) is 4.74 Å². The lowest BCUT2D eigenvalue weighted by atomic mass is 10.0. The molecule has 7 heteroatoms. The third-order valence-electron chi connectivity index (χ3n) is 4.87. The number of aromatic hydroxyl groups is 1. The molecule has 2 heterocycles. The first-order valence-electron chi connectivity index (χ1n) is 8.86. The Balaban J connectivity index is 1.36. The van der Waals surface area contributed by atoms with Crippen LogP contribution in [0.25, 0.3) is 10.9 Å². The Kier molecular flexibility index (Phi) is 4.70. The second-order valence-electron chi connectivity index (χ2n) is 6.65. The van der Waals surface area contributed by atoms with Crippen molar-refractivity contribution in [1.82, 2.24) is 21.2 Å². The van der Waals surface area contributed by atoms with Crippen molar-refractivity contribution >= 4 is 16.8 Å². The minimum atomic E-state index is -0.362. The van der Waals surface area contributed by atoms with Crippen LogP contribution in [0.3, 0.4) is 0 Å². The van der Waals surface area contributed by atoms with E-state index in [0.717, 1.165) is 27.9 Å². The summed E-state index contributed by atoms with van der Waals surface area (Å²) in [5, 5.41) is 14.0. The highest BCUT2D eigenvalue weighted by molar-refractivity contribution is 5.83. The number of carbonyl (C=O) groups is 1. The number of hydrazine groups is 1. The van der Waals surface area contributed by atoms with Crippen molar-refractivity contribution in [3.05, 3.63) is 59.8 Å². The fourth-order valence-corrected chi connectivity index (χ4v) is 3.41. The van der Waals surface area contributed by atoms with Crippen molar-refractivity contribution in [1.29, 1.82) is 0 Å². The molecule has 1 aliphatic rings. The molecule has 2 aromatic carbocycles. The van der Waals surface area contributed by atoms with Gasteiger partial charge in [0.2, 0.25) is 5.91 Å². The number of rotatable bonds is 5. The summed E-state index contributed by atoms with van der Waals surface area (Å²) in [6.07, 6.45) is 0.563. The average Bonchev–Trinajstić information content (AvgIpc) is 3.32. The SMILES string of the molecule is COc1ccc2[nH]c(CNC(=O)C3CC(c4ccccc4O)NN3)cc2c1. The van der Waals surface area contributed by atoms with Gasteiger partial charge in [-0.2, -0.15) is 0 Å². The van der Waals surface area contributed by atoms with E-state index in [9.17, 15) is 9.90 Å². The molecule has 1 aliphatic heterocycles. The van der Waals surface area contributed by atoms with E-state index in [1.165, 1.54) is 0 Å². The Hall–Kier alpha value is -3.03. The van der Waals surface area contributed by atoms with Gasteiger partial charge < -0.3 is 20.1 Å². The minimum Gasteiger partial charge on any atom is -0.508 e. The van der Waals surface area contributed by atoms with E-state index in [-0.39, 0.29) is 23.7 Å². The minimum absolute atomic E-state index is 0.0864. The summed E-state index contributed by atoms with van der Waals surface area (Å²) in [5.41, 5.74) is 8.80. The number of aromatic amines is 1. The normalized spacial score (nSPS) is 19.3. The summed E-state index contributed by atoms with van der Waals surface area (Å²) < 4.78 is 5.24. The first-order valence-corrected chi connectivity index (χ1v) is 8.86. The van der Waals surface area contributed by atoms with E-state index >= 15 is 0 Å². The zero-order valence-corrected chi connectivity index (χ0v) is 15.0. The summed E-state index contributed by atoms with van der Waals surface area (Å²) in [5.74, 6) is 0.941. The number of phenols is 1. The van der Waals surface area contributed by atoms with Gasteiger partial charge in [-0.15, -0.1) is 0 Å². The number of carbonyl (C=O) groups excluding carboxylic acids is 1. The Morgan fingerprint density at radius 1 is 1.22 bits per heavy atom. The van der Waals surface area contributed by atoms with E-state index in [2.05, 4.69) is 21.2 Å². The molecule has 1 amide bonds. The molecule has 4 rings (SSSR count). The molecule has 5 N–H and O–H groups in total. The first-order chi connectivity index (χ1) is 13.1. The Morgan fingerprint density at radius 3 is 2.89 bits per heavy atom. The second-order valence-corrected chi connectivity index (χ2v) is 6.65. The van der Waals surface area contributed by atoms with Crippen molar-refractivity contribution in [2.45, 2.75) is 25.0 Å². The number of aromatic nitrogens is 1. The van der Waals surface area contributed by atoms with Gasteiger partial charge in [0.25, 0.3) is 0 Å². The van der Waals surface area contributed by atoms with Gasteiger partial charge in [-0.05, 0) is 36.8 Å².